The standard InChI is InChI=1S/C20H18N4O3/c1-11(17-22-15-9-5-6-10-16(15)23-17)21-18(25)12(2)24-19(26)13-7-3-4-8-14(13)20(24)27/h3-12H,1-2H3,(H,21,25)(H,22,23). The molecule has 4 rings (SSSR count). The predicted molar refractivity (Wildman–Crippen MR) is 99.1 cm³/mol. The van der Waals surface area contributed by atoms with Crippen LogP contribution in [-0.4, -0.2) is 38.6 Å². The van der Waals surface area contributed by atoms with Crippen LogP contribution in [0.3, 0.4) is 0 Å². The van der Waals surface area contributed by atoms with Crippen LogP contribution in [0.2, 0.25) is 0 Å². The van der Waals surface area contributed by atoms with Crippen molar-refractivity contribution in [2.45, 2.75) is 25.9 Å². The number of H-pyrrole nitrogens is 1. The average molecular weight is 362 g/mol. The number of carbonyl (C=O) groups excluding carboxylic acids is 3. The Morgan fingerprint density at radius 3 is 2.22 bits per heavy atom. The molecule has 7 heteroatoms. The van der Waals surface area contributed by atoms with Gasteiger partial charge in [0.05, 0.1) is 28.2 Å². The summed E-state index contributed by atoms with van der Waals surface area (Å²) in [6.45, 7) is 3.34. The van der Waals surface area contributed by atoms with Gasteiger partial charge in [-0.25, -0.2) is 4.98 Å². The molecule has 0 saturated heterocycles. The maximum Gasteiger partial charge on any atom is 0.262 e. The van der Waals surface area contributed by atoms with Crippen molar-refractivity contribution in [2.75, 3.05) is 0 Å². The molecule has 0 saturated carbocycles. The minimum Gasteiger partial charge on any atom is -0.345 e. The summed E-state index contributed by atoms with van der Waals surface area (Å²) >= 11 is 0. The van der Waals surface area contributed by atoms with E-state index in [1.807, 2.05) is 24.3 Å². The first-order valence-electron chi connectivity index (χ1n) is 8.69. The largest absolute Gasteiger partial charge is 0.345 e. The van der Waals surface area contributed by atoms with Gasteiger partial charge >= 0.3 is 0 Å². The Bertz CT molecular complexity index is 1000. The molecule has 3 amide bonds. The summed E-state index contributed by atoms with van der Waals surface area (Å²) in [6, 6.07) is 12.8. The van der Waals surface area contributed by atoms with E-state index in [1.165, 1.54) is 0 Å². The van der Waals surface area contributed by atoms with E-state index in [0.717, 1.165) is 15.9 Å². The van der Waals surface area contributed by atoms with E-state index < -0.39 is 29.8 Å². The summed E-state index contributed by atoms with van der Waals surface area (Å²) in [5.41, 5.74) is 2.34. The Morgan fingerprint density at radius 1 is 1.00 bits per heavy atom. The molecule has 0 radical (unpaired) electrons. The molecule has 1 aliphatic rings. The van der Waals surface area contributed by atoms with Gasteiger partial charge < -0.3 is 10.3 Å². The maximum atomic E-state index is 12.7. The second-order valence-electron chi connectivity index (χ2n) is 6.57. The summed E-state index contributed by atoms with van der Waals surface area (Å²) < 4.78 is 0. The fraction of sp³-hybridized carbons (Fsp3) is 0.200. The number of imidazole rings is 1. The lowest BCUT2D eigenvalue weighted by atomic mass is 10.1. The zero-order chi connectivity index (χ0) is 19.1. The number of imide groups is 1. The molecular formula is C20H18N4O3. The topological polar surface area (TPSA) is 95.2 Å². The van der Waals surface area contributed by atoms with Crippen LogP contribution in [-0.2, 0) is 4.79 Å². The van der Waals surface area contributed by atoms with Gasteiger partial charge in [0.15, 0.2) is 0 Å². The number of nitrogens with one attached hydrogen (secondary N) is 2. The van der Waals surface area contributed by atoms with Crippen LogP contribution in [0.4, 0.5) is 0 Å². The highest BCUT2D eigenvalue weighted by atomic mass is 16.2. The predicted octanol–water partition coefficient (Wildman–Crippen LogP) is 2.42. The molecule has 1 aromatic heterocycles. The number of benzene rings is 2. The summed E-state index contributed by atoms with van der Waals surface area (Å²) in [5, 5.41) is 2.82. The summed E-state index contributed by atoms with van der Waals surface area (Å²) in [7, 11) is 0. The molecule has 0 aliphatic carbocycles. The van der Waals surface area contributed by atoms with Gasteiger partial charge in [-0.2, -0.15) is 0 Å². The number of rotatable bonds is 4. The molecule has 2 N–H and O–H groups in total. The SMILES string of the molecule is CC(NC(=O)C(C)N1C(=O)c2ccccc2C1=O)c1nc2ccccc2[nH]1. The minimum atomic E-state index is -0.927. The lowest BCUT2D eigenvalue weighted by molar-refractivity contribution is -0.125. The number of para-hydroxylation sites is 2. The number of aromatic amines is 1. The van der Waals surface area contributed by atoms with Gasteiger partial charge in [0.25, 0.3) is 11.8 Å². The summed E-state index contributed by atoms with van der Waals surface area (Å²) in [5.74, 6) is -0.708. The first kappa shape index (κ1) is 17.0. The Morgan fingerprint density at radius 2 is 1.59 bits per heavy atom. The molecule has 0 bridgehead atoms. The number of aromatic nitrogens is 2. The third-order valence-corrected chi connectivity index (χ3v) is 4.77. The van der Waals surface area contributed by atoms with Crippen LogP contribution >= 0.6 is 0 Å². The molecule has 2 atom stereocenters. The third kappa shape index (κ3) is 2.77. The number of hydrogen-bond acceptors (Lipinski definition) is 4. The molecule has 2 aromatic carbocycles. The van der Waals surface area contributed by atoms with Gasteiger partial charge in [-0.1, -0.05) is 24.3 Å². The van der Waals surface area contributed by atoms with Crippen molar-refractivity contribution < 1.29 is 14.4 Å². The smallest absolute Gasteiger partial charge is 0.262 e. The van der Waals surface area contributed by atoms with Gasteiger partial charge in [0.2, 0.25) is 5.91 Å². The van der Waals surface area contributed by atoms with Gasteiger partial charge in [0.1, 0.15) is 11.9 Å². The van der Waals surface area contributed by atoms with E-state index in [4.69, 9.17) is 0 Å². The molecule has 0 fully saturated rings. The Hall–Kier alpha value is -3.48. The van der Waals surface area contributed by atoms with Crippen LogP contribution in [0, 0.1) is 0 Å². The van der Waals surface area contributed by atoms with Gasteiger partial charge in [0, 0.05) is 0 Å². The summed E-state index contributed by atoms with van der Waals surface area (Å²) in [6.07, 6.45) is 0. The van der Waals surface area contributed by atoms with Crippen LogP contribution in [0.1, 0.15) is 46.4 Å². The molecule has 2 unspecified atom stereocenters. The molecule has 3 aromatic rings. The van der Waals surface area contributed by atoms with Gasteiger partial charge in [-0.15, -0.1) is 0 Å². The minimum absolute atomic E-state index is 0.326. The fourth-order valence-corrected chi connectivity index (χ4v) is 3.26. The first-order valence-corrected chi connectivity index (χ1v) is 8.69. The van der Waals surface area contributed by atoms with E-state index in [2.05, 4.69) is 15.3 Å². The fourth-order valence-electron chi connectivity index (χ4n) is 3.26. The van der Waals surface area contributed by atoms with Crippen LogP contribution < -0.4 is 5.32 Å². The van der Waals surface area contributed by atoms with Gasteiger partial charge in [-0.05, 0) is 38.1 Å². The van der Waals surface area contributed by atoms with Crippen molar-refractivity contribution in [1.82, 2.24) is 20.2 Å². The monoisotopic (exact) mass is 362 g/mol. The lowest BCUT2D eigenvalue weighted by Crippen LogP contribution is -2.48. The molecule has 2 heterocycles. The molecule has 1 aliphatic heterocycles. The molecule has 27 heavy (non-hydrogen) atoms. The zero-order valence-corrected chi connectivity index (χ0v) is 14.9. The van der Waals surface area contributed by atoms with Crippen molar-refractivity contribution in [1.29, 1.82) is 0 Å². The van der Waals surface area contributed by atoms with E-state index in [0.29, 0.717) is 17.0 Å². The maximum absolute atomic E-state index is 12.7. The van der Waals surface area contributed by atoms with E-state index >= 15 is 0 Å². The van der Waals surface area contributed by atoms with Crippen molar-refractivity contribution in [3.63, 3.8) is 0 Å². The number of fused-ring (bicyclic) bond motifs is 2. The van der Waals surface area contributed by atoms with E-state index in [-0.39, 0.29) is 0 Å². The number of hydrogen-bond donors (Lipinski definition) is 2. The molecular weight excluding hydrogens is 344 g/mol. The highest BCUT2D eigenvalue weighted by Crippen LogP contribution is 2.25. The number of amides is 3. The Balaban J connectivity index is 1.51. The lowest BCUT2D eigenvalue weighted by Gasteiger charge is -2.23. The second-order valence-corrected chi connectivity index (χ2v) is 6.57. The normalized spacial score (nSPS) is 15.7. The zero-order valence-electron chi connectivity index (χ0n) is 14.9. The molecule has 0 spiro atoms. The van der Waals surface area contributed by atoms with Crippen LogP contribution in [0.5, 0.6) is 0 Å². The van der Waals surface area contributed by atoms with Crippen LogP contribution in [0.25, 0.3) is 11.0 Å². The average Bonchev–Trinajstić information content (AvgIpc) is 3.21. The number of carbonyl (C=O) groups is 3. The molecule has 136 valence electrons. The highest BCUT2D eigenvalue weighted by Gasteiger charge is 2.40. The van der Waals surface area contributed by atoms with Crippen molar-refractivity contribution in [3.8, 4) is 0 Å². The first-order chi connectivity index (χ1) is 13.0. The van der Waals surface area contributed by atoms with Crippen molar-refractivity contribution in [2.24, 2.45) is 0 Å². The van der Waals surface area contributed by atoms with Crippen LogP contribution in [0.15, 0.2) is 48.5 Å². The quantitative estimate of drug-likeness (QED) is 0.697. The second kappa shape index (κ2) is 6.35. The van der Waals surface area contributed by atoms with Gasteiger partial charge in [-0.3, -0.25) is 19.3 Å². The Kier molecular flexibility index (Phi) is 3.99. The highest BCUT2D eigenvalue weighted by molar-refractivity contribution is 6.22. The number of nitrogens with zero attached hydrogens (tertiary/aromatic N) is 2. The van der Waals surface area contributed by atoms with Crippen molar-refractivity contribution in [3.05, 3.63) is 65.5 Å². The van der Waals surface area contributed by atoms with Crippen molar-refractivity contribution >= 4 is 28.8 Å². The van der Waals surface area contributed by atoms with E-state index in [1.54, 1.807) is 38.1 Å². The summed E-state index contributed by atoms with van der Waals surface area (Å²) in [4.78, 5) is 46.4. The third-order valence-electron chi connectivity index (χ3n) is 4.77. The van der Waals surface area contributed by atoms with E-state index in [9.17, 15) is 14.4 Å². The molecule has 7 nitrogen and oxygen atoms in total. The Labute approximate surface area is 155 Å².